The molecule has 2 aromatic rings. The van der Waals surface area contributed by atoms with E-state index in [4.69, 9.17) is 9.90 Å². The van der Waals surface area contributed by atoms with E-state index in [-0.39, 0.29) is 0 Å². The zero-order valence-electron chi connectivity index (χ0n) is 13.0. The van der Waals surface area contributed by atoms with E-state index >= 15 is 0 Å². The van der Waals surface area contributed by atoms with Crippen molar-refractivity contribution in [2.75, 3.05) is 0 Å². The van der Waals surface area contributed by atoms with Crippen molar-refractivity contribution in [3.05, 3.63) is 54.4 Å². The molecule has 0 aliphatic heterocycles. The van der Waals surface area contributed by atoms with Crippen LogP contribution in [0.4, 0.5) is 13.2 Å². The second-order valence-corrected chi connectivity index (χ2v) is 5.57. The van der Waals surface area contributed by atoms with Crippen LogP contribution in [0.25, 0.3) is 5.69 Å². The minimum Gasteiger partial charge on any atom is -0.475 e. The average molecular weight is 340 g/mol. The summed E-state index contributed by atoms with van der Waals surface area (Å²) in [5.41, 5.74) is 2.59. The predicted molar refractivity (Wildman–Crippen MR) is 83.9 cm³/mol. The predicted octanol–water partition coefficient (Wildman–Crippen LogP) is 3.75. The van der Waals surface area contributed by atoms with Gasteiger partial charge in [0.1, 0.15) is 0 Å². The van der Waals surface area contributed by atoms with Gasteiger partial charge >= 0.3 is 12.1 Å². The van der Waals surface area contributed by atoms with Crippen molar-refractivity contribution in [1.29, 1.82) is 0 Å². The first-order valence-electron chi connectivity index (χ1n) is 7.62. The summed E-state index contributed by atoms with van der Waals surface area (Å²) in [6.07, 6.45) is 3.15. The van der Waals surface area contributed by atoms with Crippen LogP contribution in [0.5, 0.6) is 0 Å². The number of rotatable bonds is 4. The topological polar surface area (TPSA) is 54.3 Å². The fraction of sp³-hybridized carbons (Fsp3) is 0.353. The van der Waals surface area contributed by atoms with Gasteiger partial charge in [0.25, 0.3) is 0 Å². The van der Waals surface area contributed by atoms with Crippen LogP contribution in [0, 0.1) is 0 Å². The first-order chi connectivity index (χ1) is 11.4. The lowest BCUT2D eigenvalue weighted by atomic mass is 9.93. The van der Waals surface area contributed by atoms with E-state index in [1.165, 1.54) is 30.5 Å². The molecule has 2 N–H and O–H groups in total. The highest BCUT2D eigenvalue weighted by molar-refractivity contribution is 5.73. The first kappa shape index (κ1) is 18.1. The van der Waals surface area contributed by atoms with Crippen LogP contribution in [0.15, 0.2) is 48.8 Å². The minimum atomic E-state index is -5.08. The number of carbonyl (C=O) groups is 1. The van der Waals surface area contributed by atoms with E-state index in [2.05, 4.69) is 46.5 Å². The van der Waals surface area contributed by atoms with Crippen molar-refractivity contribution < 1.29 is 23.1 Å². The summed E-state index contributed by atoms with van der Waals surface area (Å²) in [5, 5.41) is 10.7. The minimum absolute atomic E-state index is 0.763. The standard InChI is InChI=1S/C15H18N2.C2HF3O2/c1-2-11-17(10-1)15-8-6-13(7-9-15)12-16-14-4-3-5-14;3-2(4,5)1(6)7/h1-2,6-11,14,16H,3-5,12H2;(H,6,7). The van der Waals surface area contributed by atoms with Gasteiger partial charge in [-0.25, -0.2) is 4.79 Å². The van der Waals surface area contributed by atoms with Gasteiger partial charge < -0.3 is 15.0 Å². The summed E-state index contributed by atoms with van der Waals surface area (Å²) < 4.78 is 33.9. The highest BCUT2D eigenvalue weighted by Gasteiger charge is 2.38. The summed E-state index contributed by atoms with van der Waals surface area (Å²) in [4.78, 5) is 8.90. The van der Waals surface area contributed by atoms with Crippen LogP contribution in [0.3, 0.4) is 0 Å². The molecule has 1 aliphatic rings. The zero-order chi connectivity index (χ0) is 17.6. The molecule has 1 fully saturated rings. The Kier molecular flexibility index (Phi) is 6.03. The van der Waals surface area contributed by atoms with Gasteiger partial charge in [-0.2, -0.15) is 13.2 Å². The smallest absolute Gasteiger partial charge is 0.475 e. The molecule has 0 saturated heterocycles. The number of halogens is 3. The molecule has 0 unspecified atom stereocenters. The Morgan fingerprint density at radius 1 is 1.17 bits per heavy atom. The third-order valence-electron chi connectivity index (χ3n) is 3.78. The van der Waals surface area contributed by atoms with E-state index < -0.39 is 12.1 Å². The molecule has 4 nitrogen and oxygen atoms in total. The summed E-state index contributed by atoms with van der Waals surface area (Å²) in [6, 6.07) is 13.6. The number of benzene rings is 1. The summed E-state index contributed by atoms with van der Waals surface area (Å²) >= 11 is 0. The number of carboxylic acid groups (broad SMARTS) is 1. The van der Waals surface area contributed by atoms with Gasteiger partial charge in [0.15, 0.2) is 0 Å². The molecule has 130 valence electrons. The quantitative estimate of drug-likeness (QED) is 0.891. The van der Waals surface area contributed by atoms with Crippen molar-refractivity contribution >= 4 is 5.97 Å². The number of aromatic nitrogens is 1. The average Bonchev–Trinajstić information content (AvgIpc) is 3.00. The number of hydrogen-bond donors (Lipinski definition) is 2. The summed E-state index contributed by atoms with van der Waals surface area (Å²) in [7, 11) is 0. The molecule has 24 heavy (non-hydrogen) atoms. The molecule has 1 aromatic carbocycles. The highest BCUT2D eigenvalue weighted by atomic mass is 19.4. The molecule has 1 heterocycles. The number of aliphatic carboxylic acids is 1. The Morgan fingerprint density at radius 3 is 2.12 bits per heavy atom. The Morgan fingerprint density at radius 2 is 1.71 bits per heavy atom. The van der Waals surface area contributed by atoms with E-state index in [0.29, 0.717) is 0 Å². The largest absolute Gasteiger partial charge is 0.490 e. The number of nitrogens with zero attached hydrogens (tertiary/aromatic N) is 1. The van der Waals surface area contributed by atoms with Crippen LogP contribution in [-0.2, 0) is 11.3 Å². The van der Waals surface area contributed by atoms with E-state index in [9.17, 15) is 13.2 Å². The Hall–Kier alpha value is -2.28. The Labute approximate surface area is 137 Å². The second kappa shape index (κ2) is 8.01. The number of alkyl halides is 3. The number of nitrogens with one attached hydrogen (secondary N) is 1. The van der Waals surface area contributed by atoms with Crippen LogP contribution in [0.2, 0.25) is 0 Å². The van der Waals surface area contributed by atoms with Crippen LogP contribution >= 0.6 is 0 Å². The molecular weight excluding hydrogens is 321 g/mol. The van der Waals surface area contributed by atoms with E-state index in [0.717, 1.165) is 12.6 Å². The molecule has 7 heteroatoms. The normalized spacial score (nSPS) is 14.5. The van der Waals surface area contributed by atoms with Gasteiger partial charge in [0.2, 0.25) is 0 Å². The molecule has 1 aliphatic carbocycles. The Bertz CT molecular complexity index is 633. The molecule has 0 atom stereocenters. The van der Waals surface area contributed by atoms with Crippen molar-refractivity contribution in [3.63, 3.8) is 0 Å². The monoisotopic (exact) mass is 340 g/mol. The third-order valence-corrected chi connectivity index (χ3v) is 3.78. The fourth-order valence-electron chi connectivity index (χ4n) is 2.17. The zero-order valence-corrected chi connectivity index (χ0v) is 13.0. The maximum Gasteiger partial charge on any atom is 0.490 e. The number of carboxylic acids is 1. The van der Waals surface area contributed by atoms with Gasteiger partial charge in [-0.3, -0.25) is 0 Å². The fourth-order valence-corrected chi connectivity index (χ4v) is 2.17. The SMILES string of the molecule is O=C(O)C(F)(F)F.c1ccn(-c2ccc(CNC3CCC3)cc2)c1. The van der Waals surface area contributed by atoms with Gasteiger partial charge in [-0.15, -0.1) is 0 Å². The lowest BCUT2D eigenvalue weighted by Crippen LogP contribution is -2.34. The second-order valence-electron chi connectivity index (χ2n) is 5.57. The molecule has 1 aromatic heterocycles. The summed E-state index contributed by atoms with van der Waals surface area (Å²) in [5.74, 6) is -2.76. The van der Waals surface area contributed by atoms with Crippen LogP contribution < -0.4 is 5.32 Å². The van der Waals surface area contributed by atoms with E-state index in [1.807, 2.05) is 12.1 Å². The van der Waals surface area contributed by atoms with E-state index in [1.54, 1.807) is 0 Å². The van der Waals surface area contributed by atoms with Gasteiger partial charge in [0, 0.05) is 30.7 Å². The molecule has 0 spiro atoms. The van der Waals surface area contributed by atoms with Crippen molar-refractivity contribution in [1.82, 2.24) is 9.88 Å². The lowest BCUT2D eigenvalue weighted by molar-refractivity contribution is -0.192. The number of hydrogen-bond acceptors (Lipinski definition) is 2. The first-order valence-corrected chi connectivity index (χ1v) is 7.62. The molecular formula is C17H19F3N2O2. The van der Waals surface area contributed by atoms with Gasteiger partial charge in [0.05, 0.1) is 0 Å². The van der Waals surface area contributed by atoms with Gasteiger partial charge in [-0.05, 0) is 42.7 Å². The Balaban J connectivity index is 0.000000256. The molecule has 0 bridgehead atoms. The lowest BCUT2D eigenvalue weighted by Gasteiger charge is -2.26. The molecule has 0 radical (unpaired) electrons. The van der Waals surface area contributed by atoms with Gasteiger partial charge in [-0.1, -0.05) is 18.6 Å². The van der Waals surface area contributed by atoms with Crippen LogP contribution in [0.1, 0.15) is 24.8 Å². The highest BCUT2D eigenvalue weighted by Crippen LogP contribution is 2.19. The maximum absolute atomic E-state index is 10.6. The van der Waals surface area contributed by atoms with Crippen LogP contribution in [-0.4, -0.2) is 27.9 Å². The maximum atomic E-state index is 10.6. The molecule has 1 saturated carbocycles. The molecule has 3 rings (SSSR count). The van der Waals surface area contributed by atoms with Crippen molar-refractivity contribution in [2.45, 2.75) is 38.0 Å². The summed E-state index contributed by atoms with van der Waals surface area (Å²) in [6.45, 7) is 0.997. The molecule has 0 amide bonds. The van der Waals surface area contributed by atoms with Crippen molar-refractivity contribution in [2.24, 2.45) is 0 Å². The third kappa shape index (κ3) is 5.42. The van der Waals surface area contributed by atoms with Crippen molar-refractivity contribution in [3.8, 4) is 5.69 Å².